The Morgan fingerprint density at radius 3 is 1.28 bits per heavy atom. The Kier molecular flexibility index (Phi) is 21.7. The number of hydrogen-bond donors (Lipinski definition) is 0. The first kappa shape index (κ1) is 28.4. The fourth-order valence-electron chi connectivity index (χ4n) is 3.97. The quantitative estimate of drug-likeness (QED) is 0.168. The summed E-state index contributed by atoms with van der Waals surface area (Å²) in [6, 6.07) is 2.25. The smallest absolute Gasteiger partial charge is 0.158 e. The Hall–Kier alpha value is -0.590. The number of unbranched alkanes of at least 4 members (excludes halogenated alkanes) is 4. The lowest BCUT2D eigenvalue weighted by Gasteiger charge is -2.22. The summed E-state index contributed by atoms with van der Waals surface area (Å²) < 4.78 is 12.2. The third-order valence-electron chi connectivity index (χ3n) is 6.02. The maximum atomic E-state index is 8.97. The number of nitriles is 1. The van der Waals surface area contributed by atoms with Gasteiger partial charge in [-0.15, -0.1) is 0 Å². The first-order valence-corrected chi connectivity index (χ1v) is 12.8. The van der Waals surface area contributed by atoms with Crippen molar-refractivity contribution in [2.24, 2.45) is 11.8 Å². The van der Waals surface area contributed by atoms with Crippen LogP contribution in [0.3, 0.4) is 0 Å². The lowest BCUT2D eigenvalue weighted by Crippen LogP contribution is -2.21. The van der Waals surface area contributed by atoms with Crippen LogP contribution in [0.25, 0.3) is 0 Å². The zero-order chi connectivity index (χ0) is 21.6. The van der Waals surface area contributed by atoms with Crippen molar-refractivity contribution in [2.75, 3.05) is 13.2 Å². The minimum absolute atomic E-state index is 0.203. The molecule has 0 bridgehead atoms. The van der Waals surface area contributed by atoms with E-state index < -0.39 is 0 Å². The third-order valence-corrected chi connectivity index (χ3v) is 6.02. The van der Waals surface area contributed by atoms with Gasteiger partial charge in [0.25, 0.3) is 0 Å². The normalized spacial score (nSPS) is 11.7. The third kappa shape index (κ3) is 17.9. The van der Waals surface area contributed by atoms with Crippen molar-refractivity contribution >= 4 is 0 Å². The van der Waals surface area contributed by atoms with Crippen molar-refractivity contribution in [3.05, 3.63) is 0 Å². The number of hydrogen-bond acceptors (Lipinski definition) is 3. The van der Waals surface area contributed by atoms with Crippen LogP contribution in [0.5, 0.6) is 0 Å². The Bertz CT molecular complexity index is 324. The van der Waals surface area contributed by atoms with Crippen LogP contribution in [-0.4, -0.2) is 19.5 Å². The predicted octanol–water partition coefficient (Wildman–Crippen LogP) is 8.42. The molecular weight excluding hydrogens is 358 g/mol. The standard InChI is InChI=1S/C26H51NO2/c1-5-9-14-24(15-10-6-2)19-22-28-26(18-13-21-27)29-23-20-25(16-11-7-3)17-12-8-4/h24-26H,5-20,22-23H2,1-4H3. The molecule has 0 amide bonds. The molecule has 0 aliphatic carbocycles. The van der Waals surface area contributed by atoms with Gasteiger partial charge in [0.2, 0.25) is 0 Å². The van der Waals surface area contributed by atoms with Gasteiger partial charge in [0.1, 0.15) is 0 Å². The highest BCUT2D eigenvalue weighted by molar-refractivity contribution is 4.70. The van der Waals surface area contributed by atoms with E-state index in [-0.39, 0.29) is 6.29 Å². The molecule has 0 spiro atoms. The first-order valence-electron chi connectivity index (χ1n) is 12.8. The summed E-state index contributed by atoms with van der Waals surface area (Å²) in [7, 11) is 0. The molecule has 0 aliphatic rings. The molecule has 0 fully saturated rings. The van der Waals surface area contributed by atoms with E-state index in [1.54, 1.807) is 0 Å². The SMILES string of the molecule is CCCCC(CCCC)CCOC(CCC#N)OCCC(CCCC)CCCC. The largest absolute Gasteiger partial charge is 0.353 e. The van der Waals surface area contributed by atoms with Gasteiger partial charge in [-0.1, -0.05) is 105 Å². The van der Waals surface area contributed by atoms with Crippen LogP contribution < -0.4 is 0 Å². The van der Waals surface area contributed by atoms with E-state index in [9.17, 15) is 0 Å². The van der Waals surface area contributed by atoms with E-state index >= 15 is 0 Å². The van der Waals surface area contributed by atoms with Crippen molar-refractivity contribution in [3.63, 3.8) is 0 Å². The second-order valence-electron chi connectivity index (χ2n) is 8.75. The van der Waals surface area contributed by atoms with Crippen LogP contribution in [-0.2, 0) is 9.47 Å². The van der Waals surface area contributed by atoms with E-state index in [2.05, 4.69) is 33.8 Å². The average molecular weight is 410 g/mol. The van der Waals surface area contributed by atoms with E-state index in [1.807, 2.05) is 0 Å². The molecule has 3 heteroatoms. The Balaban J connectivity index is 4.34. The summed E-state index contributed by atoms with van der Waals surface area (Å²) in [5.74, 6) is 1.55. The molecule has 0 N–H and O–H groups in total. The number of rotatable bonds is 22. The molecule has 0 aromatic carbocycles. The van der Waals surface area contributed by atoms with Gasteiger partial charge in [0.05, 0.1) is 6.07 Å². The van der Waals surface area contributed by atoms with Gasteiger partial charge in [-0.3, -0.25) is 0 Å². The molecule has 3 nitrogen and oxygen atoms in total. The first-order chi connectivity index (χ1) is 14.2. The second-order valence-corrected chi connectivity index (χ2v) is 8.75. The number of ether oxygens (including phenoxy) is 2. The molecule has 0 aromatic heterocycles. The molecule has 0 unspecified atom stereocenters. The van der Waals surface area contributed by atoms with Gasteiger partial charge in [-0.05, 0) is 24.7 Å². The summed E-state index contributed by atoms with van der Waals surface area (Å²) >= 11 is 0. The second kappa shape index (κ2) is 22.1. The topological polar surface area (TPSA) is 42.2 Å². The zero-order valence-corrected chi connectivity index (χ0v) is 20.2. The summed E-state index contributed by atoms with van der Waals surface area (Å²) in [4.78, 5) is 0. The highest BCUT2D eigenvalue weighted by Crippen LogP contribution is 2.22. The van der Waals surface area contributed by atoms with E-state index in [4.69, 9.17) is 14.7 Å². The van der Waals surface area contributed by atoms with E-state index in [0.717, 1.165) is 37.9 Å². The summed E-state index contributed by atoms with van der Waals surface area (Å²) in [5.41, 5.74) is 0. The van der Waals surface area contributed by atoms with Crippen molar-refractivity contribution in [1.29, 1.82) is 5.26 Å². The maximum Gasteiger partial charge on any atom is 0.158 e. The Labute approximate surface area is 182 Å². The molecule has 0 atom stereocenters. The van der Waals surface area contributed by atoms with Crippen LogP contribution in [0.4, 0.5) is 0 Å². The lowest BCUT2D eigenvalue weighted by molar-refractivity contribution is -0.149. The molecule has 0 aromatic rings. The highest BCUT2D eigenvalue weighted by Gasteiger charge is 2.14. The molecule has 0 heterocycles. The zero-order valence-electron chi connectivity index (χ0n) is 20.2. The van der Waals surface area contributed by atoms with E-state index in [0.29, 0.717) is 12.8 Å². The minimum atomic E-state index is -0.203. The maximum absolute atomic E-state index is 8.97. The molecule has 0 rings (SSSR count). The van der Waals surface area contributed by atoms with Gasteiger partial charge < -0.3 is 9.47 Å². The molecule has 172 valence electrons. The van der Waals surface area contributed by atoms with Crippen molar-refractivity contribution in [3.8, 4) is 6.07 Å². The van der Waals surface area contributed by atoms with Crippen molar-refractivity contribution in [1.82, 2.24) is 0 Å². The summed E-state index contributed by atoms with van der Waals surface area (Å²) in [6.45, 7) is 10.6. The van der Waals surface area contributed by atoms with Crippen LogP contribution >= 0.6 is 0 Å². The molecule has 0 saturated carbocycles. The van der Waals surface area contributed by atoms with Crippen LogP contribution in [0.1, 0.15) is 130 Å². The highest BCUT2D eigenvalue weighted by atomic mass is 16.7. The van der Waals surface area contributed by atoms with Gasteiger partial charge in [0, 0.05) is 26.1 Å². The summed E-state index contributed by atoms with van der Waals surface area (Å²) in [5, 5.41) is 8.97. The number of nitrogens with zero attached hydrogens (tertiary/aromatic N) is 1. The van der Waals surface area contributed by atoms with Gasteiger partial charge >= 0.3 is 0 Å². The molecule has 0 aliphatic heterocycles. The van der Waals surface area contributed by atoms with E-state index in [1.165, 1.54) is 77.0 Å². The summed E-state index contributed by atoms with van der Waals surface area (Å²) in [6.07, 6.45) is 18.9. The van der Waals surface area contributed by atoms with Gasteiger partial charge in [-0.25, -0.2) is 0 Å². The Morgan fingerprint density at radius 1 is 0.586 bits per heavy atom. The average Bonchev–Trinajstić information content (AvgIpc) is 2.74. The van der Waals surface area contributed by atoms with Crippen LogP contribution in [0, 0.1) is 23.2 Å². The van der Waals surface area contributed by atoms with Crippen LogP contribution in [0.15, 0.2) is 0 Å². The molecule has 0 saturated heterocycles. The Morgan fingerprint density at radius 2 is 0.966 bits per heavy atom. The van der Waals surface area contributed by atoms with Gasteiger partial charge in [0.15, 0.2) is 6.29 Å². The molecule has 29 heavy (non-hydrogen) atoms. The molecule has 0 radical (unpaired) electrons. The van der Waals surface area contributed by atoms with Gasteiger partial charge in [-0.2, -0.15) is 5.26 Å². The fraction of sp³-hybridized carbons (Fsp3) is 0.962. The fourth-order valence-corrected chi connectivity index (χ4v) is 3.97. The molecular formula is C26H51NO2. The predicted molar refractivity (Wildman–Crippen MR) is 125 cm³/mol. The monoisotopic (exact) mass is 409 g/mol. The lowest BCUT2D eigenvalue weighted by atomic mass is 9.93. The van der Waals surface area contributed by atoms with Crippen molar-refractivity contribution < 1.29 is 9.47 Å². The minimum Gasteiger partial charge on any atom is -0.353 e. The van der Waals surface area contributed by atoms with Crippen molar-refractivity contribution in [2.45, 2.75) is 137 Å². The van der Waals surface area contributed by atoms with Crippen LogP contribution in [0.2, 0.25) is 0 Å².